The standard InChI is InChI=1S/C18H15F3N4O5/c19-18(20,21)13-3-6-15(16(11-13)25(29)30)22-7-9-23(10-8-22)17(26)12-1-4-14(5-2-12)24(27)28/h1-6,11H,7-10H2. The van der Waals surface area contributed by atoms with Crippen LogP contribution in [0.2, 0.25) is 0 Å². The Balaban J connectivity index is 1.73. The maximum Gasteiger partial charge on any atom is 0.416 e. The average Bonchev–Trinajstić information content (AvgIpc) is 2.72. The van der Waals surface area contributed by atoms with Crippen LogP contribution >= 0.6 is 0 Å². The highest BCUT2D eigenvalue weighted by Crippen LogP contribution is 2.36. The van der Waals surface area contributed by atoms with Gasteiger partial charge in [-0.15, -0.1) is 0 Å². The Morgan fingerprint density at radius 1 is 0.900 bits per heavy atom. The molecular formula is C18H15F3N4O5. The van der Waals surface area contributed by atoms with Crippen LogP contribution in [0.1, 0.15) is 15.9 Å². The molecule has 2 aromatic carbocycles. The molecule has 2 aromatic rings. The zero-order chi connectivity index (χ0) is 22.1. The molecule has 9 nitrogen and oxygen atoms in total. The zero-order valence-electron chi connectivity index (χ0n) is 15.3. The van der Waals surface area contributed by atoms with Crippen molar-refractivity contribution in [3.63, 3.8) is 0 Å². The first-order chi connectivity index (χ1) is 14.1. The second-order valence-corrected chi connectivity index (χ2v) is 6.54. The average molecular weight is 424 g/mol. The van der Waals surface area contributed by atoms with Crippen LogP contribution in [0.15, 0.2) is 42.5 Å². The molecule has 0 bridgehead atoms. The minimum absolute atomic E-state index is 0.0513. The summed E-state index contributed by atoms with van der Waals surface area (Å²) < 4.78 is 38.6. The molecule has 0 atom stereocenters. The summed E-state index contributed by atoms with van der Waals surface area (Å²) in [4.78, 5) is 36.1. The summed E-state index contributed by atoms with van der Waals surface area (Å²) in [6.45, 7) is 0.748. The number of nitrogens with zero attached hydrogens (tertiary/aromatic N) is 4. The van der Waals surface area contributed by atoms with Gasteiger partial charge in [0, 0.05) is 49.9 Å². The molecule has 0 unspecified atom stereocenters. The van der Waals surface area contributed by atoms with Gasteiger partial charge >= 0.3 is 6.18 Å². The molecular weight excluding hydrogens is 409 g/mol. The van der Waals surface area contributed by atoms with Crippen LogP contribution < -0.4 is 4.90 Å². The lowest BCUT2D eigenvalue weighted by Crippen LogP contribution is -2.49. The van der Waals surface area contributed by atoms with E-state index in [0.29, 0.717) is 6.07 Å². The molecule has 0 aliphatic carbocycles. The molecule has 0 radical (unpaired) electrons. The van der Waals surface area contributed by atoms with E-state index < -0.39 is 27.3 Å². The summed E-state index contributed by atoms with van der Waals surface area (Å²) in [5.41, 5.74) is -1.60. The Morgan fingerprint density at radius 3 is 2.00 bits per heavy atom. The third-order valence-electron chi connectivity index (χ3n) is 4.73. The summed E-state index contributed by atoms with van der Waals surface area (Å²) in [5.74, 6) is -0.355. The monoisotopic (exact) mass is 424 g/mol. The van der Waals surface area contributed by atoms with E-state index >= 15 is 0 Å². The lowest BCUT2D eigenvalue weighted by Gasteiger charge is -2.36. The van der Waals surface area contributed by atoms with Crippen molar-refractivity contribution in [3.8, 4) is 0 Å². The van der Waals surface area contributed by atoms with Crippen LogP contribution in [0.25, 0.3) is 0 Å². The molecule has 0 spiro atoms. The number of benzene rings is 2. The number of piperazine rings is 1. The van der Waals surface area contributed by atoms with Gasteiger partial charge in [0.1, 0.15) is 5.69 Å². The molecule has 1 aliphatic rings. The number of amides is 1. The number of rotatable bonds is 4. The maximum atomic E-state index is 12.9. The van der Waals surface area contributed by atoms with E-state index in [1.807, 2.05) is 0 Å². The summed E-state index contributed by atoms with van der Waals surface area (Å²) in [6.07, 6.45) is -4.70. The van der Waals surface area contributed by atoms with Crippen molar-refractivity contribution in [2.75, 3.05) is 31.1 Å². The highest BCUT2D eigenvalue weighted by atomic mass is 19.4. The third-order valence-corrected chi connectivity index (χ3v) is 4.73. The van der Waals surface area contributed by atoms with Gasteiger partial charge < -0.3 is 9.80 Å². The van der Waals surface area contributed by atoms with Crippen molar-refractivity contribution in [3.05, 3.63) is 73.8 Å². The SMILES string of the molecule is O=C(c1ccc([N+](=O)[O-])cc1)N1CCN(c2ccc(C(F)(F)F)cc2[N+](=O)[O-])CC1. The maximum absolute atomic E-state index is 12.9. The molecule has 1 amide bonds. The number of non-ortho nitro benzene ring substituents is 1. The van der Waals surface area contributed by atoms with E-state index in [1.54, 1.807) is 4.90 Å². The number of halogens is 3. The van der Waals surface area contributed by atoms with Crippen molar-refractivity contribution in [1.82, 2.24) is 4.90 Å². The zero-order valence-corrected chi connectivity index (χ0v) is 15.3. The summed E-state index contributed by atoms with van der Waals surface area (Å²) in [7, 11) is 0. The quantitative estimate of drug-likeness (QED) is 0.549. The van der Waals surface area contributed by atoms with Gasteiger partial charge in [0.2, 0.25) is 0 Å². The number of carbonyl (C=O) groups is 1. The number of carbonyl (C=O) groups excluding carboxylic acids is 1. The molecule has 0 aromatic heterocycles. The fourth-order valence-corrected chi connectivity index (χ4v) is 3.17. The third kappa shape index (κ3) is 4.31. The topological polar surface area (TPSA) is 110 Å². The minimum Gasteiger partial charge on any atom is -0.362 e. The summed E-state index contributed by atoms with van der Waals surface area (Å²) in [5, 5.41) is 22.0. The van der Waals surface area contributed by atoms with Gasteiger partial charge in [0.25, 0.3) is 17.3 Å². The van der Waals surface area contributed by atoms with Gasteiger partial charge in [0.15, 0.2) is 0 Å². The Hall–Kier alpha value is -3.70. The van der Waals surface area contributed by atoms with Gasteiger partial charge in [-0.1, -0.05) is 0 Å². The Morgan fingerprint density at radius 2 is 1.50 bits per heavy atom. The highest BCUT2D eigenvalue weighted by molar-refractivity contribution is 5.94. The second kappa shape index (κ2) is 7.97. The predicted molar refractivity (Wildman–Crippen MR) is 99.3 cm³/mol. The van der Waals surface area contributed by atoms with Crippen LogP contribution in [0.5, 0.6) is 0 Å². The Kier molecular flexibility index (Phi) is 5.58. The van der Waals surface area contributed by atoms with Crippen molar-refractivity contribution in [2.24, 2.45) is 0 Å². The molecule has 0 N–H and O–H groups in total. The van der Waals surface area contributed by atoms with Crippen LogP contribution in [-0.4, -0.2) is 46.8 Å². The normalized spacial score (nSPS) is 14.5. The van der Waals surface area contributed by atoms with Gasteiger partial charge in [-0.3, -0.25) is 25.0 Å². The van der Waals surface area contributed by atoms with Crippen LogP contribution in [0.4, 0.5) is 30.2 Å². The van der Waals surface area contributed by atoms with Gasteiger partial charge in [-0.25, -0.2) is 0 Å². The molecule has 1 fully saturated rings. The molecule has 1 heterocycles. The van der Waals surface area contributed by atoms with Crippen molar-refractivity contribution >= 4 is 23.0 Å². The molecule has 30 heavy (non-hydrogen) atoms. The Labute approximate surface area is 167 Å². The molecule has 12 heteroatoms. The number of hydrogen-bond acceptors (Lipinski definition) is 6. The summed E-state index contributed by atoms with van der Waals surface area (Å²) in [6, 6.07) is 7.47. The number of anilines is 1. The van der Waals surface area contributed by atoms with E-state index in [2.05, 4.69) is 0 Å². The minimum atomic E-state index is -4.70. The van der Waals surface area contributed by atoms with Crippen molar-refractivity contribution < 1.29 is 27.8 Å². The van der Waals surface area contributed by atoms with E-state index in [9.17, 15) is 38.2 Å². The molecule has 1 saturated heterocycles. The van der Waals surface area contributed by atoms with Crippen LogP contribution in [0.3, 0.4) is 0 Å². The first-order valence-corrected chi connectivity index (χ1v) is 8.72. The molecule has 1 aliphatic heterocycles. The van der Waals surface area contributed by atoms with Gasteiger partial charge in [0.05, 0.1) is 15.4 Å². The largest absolute Gasteiger partial charge is 0.416 e. The fourth-order valence-electron chi connectivity index (χ4n) is 3.17. The van der Waals surface area contributed by atoms with Crippen LogP contribution in [0, 0.1) is 20.2 Å². The predicted octanol–water partition coefficient (Wildman–Crippen LogP) is 3.48. The molecule has 158 valence electrons. The Bertz CT molecular complexity index is 986. The van der Waals surface area contributed by atoms with Crippen LogP contribution in [-0.2, 0) is 6.18 Å². The number of alkyl halides is 3. The number of nitro groups is 2. The van der Waals surface area contributed by atoms with Gasteiger partial charge in [-0.05, 0) is 24.3 Å². The van der Waals surface area contributed by atoms with Gasteiger partial charge in [-0.2, -0.15) is 13.2 Å². The second-order valence-electron chi connectivity index (χ2n) is 6.54. The fraction of sp³-hybridized carbons (Fsp3) is 0.278. The first-order valence-electron chi connectivity index (χ1n) is 8.72. The van der Waals surface area contributed by atoms with Crippen molar-refractivity contribution in [2.45, 2.75) is 6.18 Å². The van der Waals surface area contributed by atoms with Crippen molar-refractivity contribution in [1.29, 1.82) is 0 Å². The summed E-state index contributed by atoms with van der Waals surface area (Å²) >= 11 is 0. The molecule has 3 rings (SSSR count). The number of hydrogen-bond donors (Lipinski definition) is 0. The van der Waals surface area contributed by atoms with E-state index in [4.69, 9.17) is 0 Å². The lowest BCUT2D eigenvalue weighted by atomic mass is 10.1. The molecule has 0 saturated carbocycles. The van der Waals surface area contributed by atoms with E-state index in [0.717, 1.165) is 12.1 Å². The number of nitro benzene ring substituents is 2. The van der Waals surface area contributed by atoms with E-state index in [-0.39, 0.29) is 49.0 Å². The van der Waals surface area contributed by atoms with E-state index in [1.165, 1.54) is 29.2 Å². The first kappa shape index (κ1) is 21.0. The lowest BCUT2D eigenvalue weighted by molar-refractivity contribution is -0.384. The highest BCUT2D eigenvalue weighted by Gasteiger charge is 2.34. The smallest absolute Gasteiger partial charge is 0.362 e.